The highest BCUT2D eigenvalue weighted by molar-refractivity contribution is 5.99. The molecular weight excluding hydrogens is 488 g/mol. The van der Waals surface area contributed by atoms with Crippen LogP contribution >= 0.6 is 0 Å². The predicted molar refractivity (Wildman–Crippen MR) is 135 cm³/mol. The van der Waals surface area contributed by atoms with Crippen molar-refractivity contribution in [1.29, 1.82) is 5.26 Å². The molecule has 6 rings (SSSR count). The zero-order chi connectivity index (χ0) is 26.3. The normalized spacial score (nSPS) is 19.8. The average molecular weight is 515 g/mol. The van der Waals surface area contributed by atoms with E-state index in [-0.39, 0.29) is 35.1 Å². The number of hydrogen-bond donors (Lipinski definition) is 3. The molecule has 3 aromatic rings. The Morgan fingerprint density at radius 2 is 1.97 bits per heavy atom. The second-order valence-corrected chi connectivity index (χ2v) is 9.71. The number of carbonyl (C=O) groups excluding carboxylic acids is 2. The summed E-state index contributed by atoms with van der Waals surface area (Å²) in [6.07, 6.45) is 7.97. The Morgan fingerprint density at radius 1 is 1.16 bits per heavy atom. The van der Waals surface area contributed by atoms with Gasteiger partial charge in [0.2, 0.25) is 5.91 Å². The molecule has 1 unspecified atom stereocenters. The van der Waals surface area contributed by atoms with Gasteiger partial charge in [-0.3, -0.25) is 14.3 Å². The Balaban J connectivity index is 1.31. The maximum Gasteiger partial charge on any atom is 0.271 e. The van der Waals surface area contributed by atoms with Crippen LogP contribution in [-0.4, -0.2) is 50.8 Å². The third-order valence-corrected chi connectivity index (χ3v) is 7.19. The molecule has 1 spiro atoms. The van der Waals surface area contributed by atoms with Crippen LogP contribution in [0.25, 0.3) is 11.1 Å². The lowest BCUT2D eigenvalue weighted by atomic mass is 10.0. The number of nitriles is 1. The Labute approximate surface area is 218 Å². The van der Waals surface area contributed by atoms with E-state index in [9.17, 15) is 14.9 Å². The molecule has 1 saturated heterocycles. The molecule has 0 radical (unpaired) electrons. The quantitative estimate of drug-likeness (QED) is 0.429. The standard InChI is InChI=1S/C26H26N8O4/c27-12-18-17(16-13-29-34(14-16)21-5-2-8-26(21)37-9-10-38-26)3-1-4-19(18)30-20-11-22(31-25(36)15-6-7-15)32-33-23(20)24(28)35/h1,3-4,11,13-15,21H,2,5-10H2,(H2,28,35)(H2,30,31,32,36). The minimum Gasteiger partial charge on any atom is -0.364 e. The first kappa shape index (κ1) is 24.0. The summed E-state index contributed by atoms with van der Waals surface area (Å²) in [5.41, 5.74) is 7.83. The molecule has 1 atom stereocenters. The average Bonchev–Trinajstić information content (AvgIpc) is 3.28. The number of hydrogen-bond acceptors (Lipinski definition) is 9. The van der Waals surface area contributed by atoms with E-state index in [1.54, 1.807) is 18.3 Å². The SMILES string of the molecule is N#Cc1c(Nc2cc(NC(=O)C3CC3)nnc2C(N)=O)cccc1-c1cnn(C2CCCC23OCCO3)c1. The maximum absolute atomic E-state index is 12.2. The first-order chi connectivity index (χ1) is 18.5. The number of nitrogens with zero attached hydrogens (tertiary/aromatic N) is 5. The van der Waals surface area contributed by atoms with Gasteiger partial charge in [-0.05, 0) is 31.7 Å². The van der Waals surface area contributed by atoms with E-state index in [4.69, 9.17) is 15.2 Å². The van der Waals surface area contributed by atoms with Crippen LogP contribution in [0.3, 0.4) is 0 Å². The molecule has 2 saturated carbocycles. The highest BCUT2D eigenvalue weighted by Crippen LogP contribution is 2.45. The minimum atomic E-state index is -0.794. The van der Waals surface area contributed by atoms with Crippen LogP contribution < -0.4 is 16.4 Å². The van der Waals surface area contributed by atoms with Crippen LogP contribution in [-0.2, 0) is 14.3 Å². The molecule has 0 bridgehead atoms. The van der Waals surface area contributed by atoms with Crippen molar-refractivity contribution in [3.63, 3.8) is 0 Å². The van der Waals surface area contributed by atoms with Crippen LogP contribution in [0.4, 0.5) is 17.2 Å². The third kappa shape index (κ3) is 4.36. The van der Waals surface area contributed by atoms with Crippen molar-refractivity contribution in [1.82, 2.24) is 20.0 Å². The van der Waals surface area contributed by atoms with E-state index in [2.05, 4.69) is 32.0 Å². The number of anilines is 3. The van der Waals surface area contributed by atoms with Gasteiger partial charge in [-0.1, -0.05) is 12.1 Å². The van der Waals surface area contributed by atoms with Gasteiger partial charge in [0.15, 0.2) is 17.3 Å². The smallest absolute Gasteiger partial charge is 0.271 e. The van der Waals surface area contributed by atoms with Gasteiger partial charge < -0.3 is 25.8 Å². The number of amides is 2. The summed E-state index contributed by atoms with van der Waals surface area (Å²) in [4.78, 5) is 24.2. The molecule has 2 aromatic heterocycles. The predicted octanol–water partition coefficient (Wildman–Crippen LogP) is 2.87. The zero-order valence-electron chi connectivity index (χ0n) is 20.5. The second-order valence-electron chi connectivity index (χ2n) is 9.71. The molecular formula is C26H26N8O4. The number of nitrogens with one attached hydrogen (secondary N) is 2. The first-order valence-electron chi connectivity index (χ1n) is 12.6. The highest BCUT2D eigenvalue weighted by Gasteiger charge is 2.49. The number of rotatable bonds is 7. The van der Waals surface area contributed by atoms with Gasteiger partial charge in [-0.2, -0.15) is 10.4 Å². The van der Waals surface area contributed by atoms with Crippen LogP contribution in [0.5, 0.6) is 0 Å². The molecule has 38 heavy (non-hydrogen) atoms. The van der Waals surface area contributed by atoms with Crippen molar-refractivity contribution in [2.45, 2.75) is 43.9 Å². The van der Waals surface area contributed by atoms with Crippen molar-refractivity contribution in [2.24, 2.45) is 11.7 Å². The Bertz CT molecular complexity index is 1450. The van der Waals surface area contributed by atoms with Crippen LogP contribution in [0.2, 0.25) is 0 Å². The molecule has 12 nitrogen and oxygen atoms in total. The van der Waals surface area contributed by atoms with Crippen LogP contribution in [0.1, 0.15) is 54.2 Å². The van der Waals surface area contributed by atoms with E-state index in [1.807, 2.05) is 16.9 Å². The Morgan fingerprint density at radius 3 is 2.71 bits per heavy atom. The summed E-state index contributed by atoms with van der Waals surface area (Å²) >= 11 is 0. The Hall–Kier alpha value is -4.34. The summed E-state index contributed by atoms with van der Waals surface area (Å²) < 4.78 is 13.8. The molecule has 194 valence electrons. The van der Waals surface area contributed by atoms with E-state index in [1.165, 1.54) is 6.07 Å². The van der Waals surface area contributed by atoms with Gasteiger partial charge >= 0.3 is 0 Å². The molecule has 1 aromatic carbocycles. The van der Waals surface area contributed by atoms with Crippen molar-refractivity contribution in [2.75, 3.05) is 23.8 Å². The second kappa shape index (κ2) is 9.51. The number of primary amides is 1. The summed E-state index contributed by atoms with van der Waals surface area (Å²) in [5, 5.41) is 28.3. The summed E-state index contributed by atoms with van der Waals surface area (Å²) in [6.45, 7) is 1.14. The summed E-state index contributed by atoms with van der Waals surface area (Å²) in [5.74, 6) is -1.43. The van der Waals surface area contributed by atoms with Crippen molar-refractivity contribution in [3.05, 3.63) is 47.9 Å². The fraction of sp³-hybridized carbons (Fsp3) is 0.385. The van der Waals surface area contributed by atoms with Crippen LogP contribution in [0, 0.1) is 17.2 Å². The molecule has 3 aliphatic rings. The minimum absolute atomic E-state index is 0.0299. The fourth-order valence-electron chi connectivity index (χ4n) is 5.18. The van der Waals surface area contributed by atoms with E-state index in [0.717, 1.165) is 37.7 Å². The zero-order valence-corrected chi connectivity index (χ0v) is 20.5. The van der Waals surface area contributed by atoms with Crippen molar-refractivity contribution >= 4 is 29.0 Å². The molecule has 2 amide bonds. The highest BCUT2D eigenvalue weighted by atomic mass is 16.7. The van der Waals surface area contributed by atoms with E-state index in [0.29, 0.717) is 30.0 Å². The number of nitrogens with two attached hydrogens (primary N) is 1. The van der Waals surface area contributed by atoms with E-state index >= 15 is 0 Å². The van der Waals surface area contributed by atoms with Crippen molar-refractivity contribution in [3.8, 4) is 17.2 Å². The van der Waals surface area contributed by atoms with Crippen LogP contribution in [0.15, 0.2) is 36.7 Å². The topological polar surface area (TPSA) is 170 Å². The Kier molecular flexibility index (Phi) is 6.01. The maximum atomic E-state index is 12.2. The van der Waals surface area contributed by atoms with Gasteiger partial charge in [-0.15, -0.1) is 10.2 Å². The van der Waals surface area contributed by atoms with E-state index < -0.39 is 11.7 Å². The number of ether oxygens (including phenoxy) is 2. The molecule has 3 heterocycles. The largest absolute Gasteiger partial charge is 0.364 e. The number of aromatic nitrogens is 4. The van der Waals surface area contributed by atoms with Gasteiger partial charge in [0.25, 0.3) is 5.91 Å². The summed E-state index contributed by atoms with van der Waals surface area (Å²) in [6, 6.07) is 9.04. The van der Waals surface area contributed by atoms with Gasteiger partial charge in [0.1, 0.15) is 12.1 Å². The third-order valence-electron chi connectivity index (χ3n) is 7.19. The lowest BCUT2D eigenvalue weighted by Gasteiger charge is -2.29. The molecule has 12 heteroatoms. The molecule has 2 aliphatic carbocycles. The first-order valence-corrected chi connectivity index (χ1v) is 12.6. The number of carbonyl (C=O) groups is 2. The number of benzene rings is 1. The summed E-state index contributed by atoms with van der Waals surface area (Å²) in [7, 11) is 0. The lowest BCUT2D eigenvalue weighted by Crippen LogP contribution is -2.36. The monoisotopic (exact) mass is 514 g/mol. The molecule has 1 aliphatic heterocycles. The van der Waals surface area contributed by atoms with Gasteiger partial charge in [0.05, 0.1) is 36.3 Å². The van der Waals surface area contributed by atoms with Crippen molar-refractivity contribution < 1.29 is 19.1 Å². The fourth-order valence-corrected chi connectivity index (χ4v) is 5.18. The van der Waals surface area contributed by atoms with Gasteiger partial charge in [-0.25, -0.2) is 0 Å². The molecule has 4 N–H and O–H groups in total. The van der Waals surface area contributed by atoms with Gasteiger partial charge in [0, 0.05) is 35.7 Å². The molecule has 3 fully saturated rings. The lowest BCUT2D eigenvalue weighted by molar-refractivity contribution is -0.177.